The molecule has 2 aliphatic heterocycles. The number of hydrogen-bond acceptors (Lipinski definition) is 2. The first-order valence-electron chi connectivity index (χ1n) is 14.7. The fraction of sp³-hybridized carbons (Fsp3) is 0.270. The second kappa shape index (κ2) is 11.1. The average molecular weight is 544 g/mol. The van der Waals surface area contributed by atoms with Gasteiger partial charge in [-0.25, -0.2) is 0 Å². The minimum Gasteiger partial charge on any atom is -0.370 e. The molecule has 0 radical (unpaired) electrons. The first-order valence-corrected chi connectivity index (χ1v) is 14.7. The van der Waals surface area contributed by atoms with Gasteiger partial charge in [-0.3, -0.25) is 9.69 Å². The van der Waals surface area contributed by atoms with Crippen molar-refractivity contribution >= 4 is 17.2 Å². The van der Waals surface area contributed by atoms with Crippen LogP contribution in [0.2, 0.25) is 0 Å². The number of ether oxygens (including phenoxy) is 1. The van der Waals surface area contributed by atoms with Crippen molar-refractivity contribution in [3.63, 3.8) is 0 Å². The van der Waals surface area contributed by atoms with Crippen molar-refractivity contribution in [1.82, 2.24) is 0 Å². The summed E-state index contributed by atoms with van der Waals surface area (Å²) in [4.78, 5) is 17.2. The third kappa shape index (κ3) is 4.92. The fourth-order valence-corrected chi connectivity index (χ4v) is 6.91. The van der Waals surface area contributed by atoms with Crippen molar-refractivity contribution < 1.29 is 14.4 Å². The number of nitrogens with one attached hydrogen (secondary N) is 1. The van der Waals surface area contributed by atoms with E-state index in [2.05, 4.69) is 136 Å². The number of anilines is 1. The highest BCUT2D eigenvalue weighted by atomic mass is 16.5. The molecule has 0 aliphatic carbocycles. The second-order valence-electron chi connectivity index (χ2n) is 11.8. The van der Waals surface area contributed by atoms with Crippen molar-refractivity contribution in [3.05, 3.63) is 143 Å². The number of nitrogens with zero attached hydrogens (tertiary/aromatic N) is 1. The van der Waals surface area contributed by atoms with Crippen molar-refractivity contribution in [2.75, 3.05) is 37.7 Å². The van der Waals surface area contributed by atoms with Crippen LogP contribution in [0.25, 0.3) is 5.57 Å². The molecule has 4 aromatic carbocycles. The Bertz CT molecular complexity index is 1440. The molecule has 2 heterocycles. The minimum atomic E-state index is -0.529. The van der Waals surface area contributed by atoms with Crippen LogP contribution in [0.15, 0.2) is 115 Å². The van der Waals surface area contributed by atoms with Gasteiger partial charge in [0.05, 0.1) is 29.9 Å². The quantitative estimate of drug-likeness (QED) is 0.325. The highest BCUT2D eigenvalue weighted by molar-refractivity contribution is 6.01. The Hall–Kier alpha value is -3.99. The normalized spacial score (nSPS) is 17.0. The van der Waals surface area contributed by atoms with Crippen LogP contribution in [-0.2, 0) is 14.9 Å². The van der Waals surface area contributed by atoms with Crippen LogP contribution in [0.3, 0.4) is 0 Å². The molecule has 0 bridgehead atoms. The van der Waals surface area contributed by atoms with Gasteiger partial charge in [0.2, 0.25) is 0 Å². The molecular formula is C37H39N2O2+. The van der Waals surface area contributed by atoms with Crippen LogP contribution in [-0.4, -0.2) is 44.3 Å². The molecule has 1 fully saturated rings. The lowest BCUT2D eigenvalue weighted by atomic mass is 9.64. The number of carbonyl (C=O) groups is 1. The number of allylic oxidation sites excluding steroid dienone is 1. The summed E-state index contributed by atoms with van der Waals surface area (Å²) in [5.41, 5.74) is 7.14. The van der Waals surface area contributed by atoms with E-state index >= 15 is 0 Å². The predicted octanol–water partition coefficient (Wildman–Crippen LogP) is 5.51. The van der Waals surface area contributed by atoms with Gasteiger partial charge in [-0.1, -0.05) is 103 Å². The topological polar surface area (TPSA) is 34.0 Å². The lowest BCUT2D eigenvalue weighted by Crippen LogP contribution is -3.15. The zero-order chi connectivity index (χ0) is 28.5. The van der Waals surface area contributed by atoms with Gasteiger partial charge in [0, 0.05) is 5.56 Å². The Morgan fingerprint density at radius 2 is 1.29 bits per heavy atom. The van der Waals surface area contributed by atoms with E-state index < -0.39 is 11.0 Å². The summed E-state index contributed by atoms with van der Waals surface area (Å²) < 4.78 is 5.54. The second-order valence-corrected chi connectivity index (χ2v) is 11.8. The Labute approximate surface area is 243 Å². The number of carbonyl (C=O) groups excluding carboxylic acids is 1. The van der Waals surface area contributed by atoms with Crippen LogP contribution in [0.5, 0.6) is 0 Å². The van der Waals surface area contributed by atoms with Crippen molar-refractivity contribution in [1.29, 1.82) is 0 Å². The zero-order valence-electron chi connectivity index (χ0n) is 24.3. The fourth-order valence-electron chi connectivity index (χ4n) is 6.91. The van der Waals surface area contributed by atoms with E-state index in [9.17, 15) is 4.79 Å². The van der Waals surface area contributed by atoms with Gasteiger partial charge < -0.3 is 9.64 Å². The van der Waals surface area contributed by atoms with Crippen molar-refractivity contribution in [2.24, 2.45) is 0 Å². The van der Waals surface area contributed by atoms with Gasteiger partial charge in [-0.15, -0.1) is 0 Å². The molecule has 0 spiro atoms. The molecule has 2 aliphatic rings. The molecule has 4 aromatic rings. The SMILES string of the molecule is CC1=CC(C)(C)N(C(=O)C[NH+]2CCOCC2)c2ccc(C(c3ccccc3)(c3ccccc3)c3ccccc3)cc21. The Kier molecular flexibility index (Phi) is 7.37. The summed E-state index contributed by atoms with van der Waals surface area (Å²) in [6.45, 7) is 10.1. The molecule has 0 saturated carbocycles. The van der Waals surface area contributed by atoms with Crippen molar-refractivity contribution in [2.45, 2.75) is 31.7 Å². The maximum Gasteiger partial charge on any atom is 0.282 e. The lowest BCUT2D eigenvalue weighted by Gasteiger charge is -2.43. The molecule has 0 unspecified atom stereocenters. The molecule has 1 saturated heterocycles. The third-order valence-electron chi connectivity index (χ3n) is 8.71. The van der Waals surface area contributed by atoms with Gasteiger partial charge in [0.15, 0.2) is 6.54 Å². The number of quaternary nitrogens is 1. The highest BCUT2D eigenvalue weighted by Crippen LogP contribution is 2.48. The van der Waals surface area contributed by atoms with E-state index in [1.807, 2.05) is 4.90 Å². The van der Waals surface area contributed by atoms with E-state index in [-0.39, 0.29) is 5.91 Å². The Morgan fingerprint density at radius 3 is 1.80 bits per heavy atom. The van der Waals surface area contributed by atoms with Crippen LogP contribution in [0.1, 0.15) is 48.6 Å². The zero-order valence-corrected chi connectivity index (χ0v) is 24.3. The monoisotopic (exact) mass is 543 g/mol. The third-order valence-corrected chi connectivity index (χ3v) is 8.71. The molecule has 0 atom stereocenters. The van der Waals surface area contributed by atoms with Gasteiger partial charge in [0.1, 0.15) is 13.1 Å². The van der Waals surface area contributed by atoms with Crippen LogP contribution >= 0.6 is 0 Å². The molecule has 4 nitrogen and oxygen atoms in total. The van der Waals surface area contributed by atoms with E-state index in [1.165, 1.54) is 32.7 Å². The van der Waals surface area contributed by atoms with Gasteiger partial charge in [0.25, 0.3) is 5.91 Å². The maximum absolute atomic E-state index is 13.9. The number of amides is 1. The molecule has 1 amide bonds. The van der Waals surface area contributed by atoms with Crippen LogP contribution in [0, 0.1) is 0 Å². The summed E-state index contributed by atoms with van der Waals surface area (Å²) in [6.07, 6.45) is 2.25. The van der Waals surface area contributed by atoms with E-state index in [1.54, 1.807) is 0 Å². The van der Waals surface area contributed by atoms with E-state index in [0.29, 0.717) is 19.8 Å². The van der Waals surface area contributed by atoms with Gasteiger partial charge in [-0.2, -0.15) is 0 Å². The molecule has 0 aromatic heterocycles. The molecule has 208 valence electrons. The summed E-state index contributed by atoms with van der Waals surface area (Å²) in [5, 5.41) is 0. The number of morpholine rings is 1. The molecule has 4 heteroatoms. The van der Waals surface area contributed by atoms with Gasteiger partial charge in [-0.05, 0) is 60.7 Å². The Morgan fingerprint density at radius 1 is 0.780 bits per heavy atom. The summed E-state index contributed by atoms with van der Waals surface area (Å²) in [6, 6.07) is 39.1. The molecule has 1 N–H and O–H groups in total. The van der Waals surface area contributed by atoms with E-state index in [0.717, 1.165) is 24.3 Å². The number of benzene rings is 4. The molecule has 41 heavy (non-hydrogen) atoms. The van der Waals surface area contributed by atoms with Crippen molar-refractivity contribution in [3.8, 4) is 0 Å². The first kappa shape index (κ1) is 27.2. The largest absolute Gasteiger partial charge is 0.370 e. The standard InChI is InChI=1S/C37H38N2O2/c1-28-26-36(2,3)39(35(40)27-38-21-23-41-24-22-38)34-20-19-32(25-33(28)34)37(29-13-7-4-8-14-29,30-15-9-5-10-16-30)31-17-11-6-12-18-31/h4-20,25-26H,21-24,27H2,1-3H3/p+1. The summed E-state index contributed by atoms with van der Waals surface area (Å²) in [7, 11) is 0. The predicted molar refractivity (Wildman–Crippen MR) is 166 cm³/mol. The molecular weight excluding hydrogens is 504 g/mol. The average Bonchev–Trinajstić information content (AvgIpc) is 2.99. The highest BCUT2D eigenvalue weighted by Gasteiger charge is 2.41. The first-order chi connectivity index (χ1) is 19.9. The van der Waals surface area contributed by atoms with Crippen LogP contribution in [0.4, 0.5) is 5.69 Å². The van der Waals surface area contributed by atoms with E-state index in [4.69, 9.17) is 4.74 Å². The molecule has 6 rings (SSSR count). The maximum atomic E-state index is 13.9. The smallest absolute Gasteiger partial charge is 0.282 e. The summed E-state index contributed by atoms with van der Waals surface area (Å²) in [5.74, 6) is 0.157. The van der Waals surface area contributed by atoms with Gasteiger partial charge >= 0.3 is 0 Å². The minimum absolute atomic E-state index is 0.157. The number of rotatable bonds is 6. The number of hydrogen-bond donors (Lipinski definition) is 1. The lowest BCUT2D eigenvalue weighted by molar-refractivity contribution is -0.900. The van der Waals surface area contributed by atoms with Crippen LogP contribution < -0.4 is 9.80 Å². The Balaban J connectivity index is 1.54. The summed E-state index contributed by atoms with van der Waals surface area (Å²) >= 11 is 0. The number of fused-ring (bicyclic) bond motifs is 1.